The highest BCUT2D eigenvalue weighted by Gasteiger charge is 2.26. The summed E-state index contributed by atoms with van der Waals surface area (Å²) in [7, 11) is 0. The molecule has 2 aromatic carbocycles. The van der Waals surface area contributed by atoms with Crippen molar-refractivity contribution in [3.63, 3.8) is 0 Å². The Morgan fingerprint density at radius 1 is 1.03 bits per heavy atom. The van der Waals surface area contributed by atoms with Gasteiger partial charge in [-0.15, -0.1) is 5.10 Å². The van der Waals surface area contributed by atoms with Crippen LogP contribution >= 0.6 is 0 Å². The predicted molar refractivity (Wildman–Crippen MR) is 116 cm³/mol. The maximum absolute atomic E-state index is 12.1. The highest BCUT2D eigenvalue weighted by atomic mass is 16.2. The number of rotatable bonds is 4. The molecule has 0 fully saturated rings. The number of hydrogen-bond acceptors (Lipinski definition) is 4. The first-order valence-electron chi connectivity index (χ1n) is 9.80. The van der Waals surface area contributed by atoms with E-state index < -0.39 is 0 Å². The minimum atomic E-state index is -0.141. The smallest absolute Gasteiger partial charge is 0.250 e. The molecule has 0 unspecified atom stereocenters. The maximum Gasteiger partial charge on any atom is 0.250 e. The number of nitrogens with one attached hydrogen (secondary N) is 2. The third-order valence-electron chi connectivity index (χ3n) is 5.01. The number of amides is 1. The van der Waals surface area contributed by atoms with E-state index in [0.29, 0.717) is 11.9 Å². The van der Waals surface area contributed by atoms with E-state index in [2.05, 4.69) is 89.2 Å². The summed E-state index contributed by atoms with van der Waals surface area (Å²) in [6.07, 6.45) is 2.14. The van der Waals surface area contributed by atoms with Crippen LogP contribution in [0.4, 0.5) is 11.9 Å². The van der Waals surface area contributed by atoms with E-state index >= 15 is 0 Å². The molecular formula is C23H25N5O. The number of carbonyl (C=O) groups is 1. The lowest BCUT2D eigenvalue weighted by Crippen LogP contribution is -2.20. The van der Waals surface area contributed by atoms with E-state index in [0.717, 1.165) is 16.8 Å². The second-order valence-electron chi connectivity index (χ2n) is 7.77. The highest BCUT2D eigenvalue weighted by molar-refractivity contribution is 5.90. The van der Waals surface area contributed by atoms with Crippen LogP contribution in [0, 0.1) is 19.8 Å². The van der Waals surface area contributed by atoms with Crippen LogP contribution in [0.2, 0.25) is 0 Å². The lowest BCUT2D eigenvalue weighted by atomic mass is 10.0. The Kier molecular flexibility index (Phi) is 4.92. The lowest BCUT2D eigenvalue weighted by Gasteiger charge is -2.24. The van der Waals surface area contributed by atoms with Gasteiger partial charge in [-0.2, -0.15) is 4.98 Å². The average molecular weight is 387 g/mol. The first-order valence-corrected chi connectivity index (χ1v) is 9.80. The van der Waals surface area contributed by atoms with Crippen molar-refractivity contribution in [2.24, 2.45) is 5.92 Å². The molecule has 148 valence electrons. The van der Waals surface area contributed by atoms with E-state index in [1.807, 2.05) is 18.5 Å². The molecule has 1 amide bonds. The molecule has 0 spiro atoms. The van der Waals surface area contributed by atoms with Gasteiger partial charge in [0.15, 0.2) is 0 Å². The van der Waals surface area contributed by atoms with Gasteiger partial charge in [0.25, 0.3) is 5.95 Å². The molecular weight excluding hydrogens is 362 g/mol. The number of benzene rings is 2. The van der Waals surface area contributed by atoms with E-state index in [4.69, 9.17) is 0 Å². The van der Waals surface area contributed by atoms with Gasteiger partial charge in [0, 0.05) is 11.6 Å². The molecule has 6 heteroatoms. The maximum atomic E-state index is 12.1. The third kappa shape index (κ3) is 3.92. The van der Waals surface area contributed by atoms with Gasteiger partial charge in [-0.3, -0.25) is 10.1 Å². The van der Waals surface area contributed by atoms with Gasteiger partial charge in [0.2, 0.25) is 11.9 Å². The zero-order valence-corrected chi connectivity index (χ0v) is 17.1. The minimum absolute atomic E-state index is 0.105. The molecule has 0 saturated heterocycles. The van der Waals surface area contributed by atoms with Crippen molar-refractivity contribution in [1.82, 2.24) is 14.8 Å². The first kappa shape index (κ1) is 18.9. The van der Waals surface area contributed by atoms with E-state index in [-0.39, 0.29) is 17.9 Å². The number of anilines is 2. The Hall–Kier alpha value is -3.41. The van der Waals surface area contributed by atoms with Crippen LogP contribution in [0.25, 0.3) is 5.70 Å². The fourth-order valence-electron chi connectivity index (χ4n) is 3.20. The second kappa shape index (κ2) is 7.54. The van der Waals surface area contributed by atoms with Crippen molar-refractivity contribution in [2.45, 2.75) is 33.7 Å². The van der Waals surface area contributed by atoms with E-state index in [9.17, 15) is 4.79 Å². The number of nitrogens with zero attached hydrogens (tertiary/aromatic N) is 3. The topological polar surface area (TPSA) is 71.8 Å². The fourth-order valence-corrected chi connectivity index (χ4v) is 3.20. The monoisotopic (exact) mass is 387 g/mol. The number of allylic oxidation sites excluding steroid dienone is 1. The first-order chi connectivity index (χ1) is 13.9. The average Bonchev–Trinajstić information content (AvgIpc) is 3.10. The van der Waals surface area contributed by atoms with E-state index in [1.165, 1.54) is 11.1 Å². The van der Waals surface area contributed by atoms with Crippen LogP contribution in [-0.4, -0.2) is 20.7 Å². The normalized spacial score (nSPS) is 15.5. The molecule has 0 radical (unpaired) electrons. The SMILES string of the molecule is Cc1ccc(C2=C[C@H](c3ccc(C)cc3)n3nc(NC(=O)C(C)C)nc3N2)cc1. The largest absolute Gasteiger partial charge is 0.324 e. The second-order valence-corrected chi connectivity index (χ2v) is 7.77. The summed E-state index contributed by atoms with van der Waals surface area (Å²) in [5.41, 5.74) is 5.57. The summed E-state index contributed by atoms with van der Waals surface area (Å²) in [6, 6.07) is 16.6. The van der Waals surface area contributed by atoms with Crippen molar-refractivity contribution in [3.8, 4) is 0 Å². The van der Waals surface area contributed by atoms with Crippen LogP contribution in [0.5, 0.6) is 0 Å². The van der Waals surface area contributed by atoms with Crippen LogP contribution in [0.3, 0.4) is 0 Å². The standard InChI is InChI=1S/C23H25N5O/c1-14(2)21(29)25-22-26-23-24-19(17-9-5-15(3)6-10-17)13-20(28(23)27-22)18-11-7-16(4)8-12-18/h5-14,20H,1-4H3,(H2,24,25,26,27,29)/t20-/m1/s1. The molecule has 1 aromatic heterocycles. The Labute approximate surface area is 170 Å². The molecule has 29 heavy (non-hydrogen) atoms. The van der Waals surface area contributed by atoms with Crippen LogP contribution < -0.4 is 10.6 Å². The summed E-state index contributed by atoms with van der Waals surface area (Å²) in [5.74, 6) is 0.666. The number of carbonyl (C=O) groups excluding carboxylic acids is 1. The van der Waals surface area contributed by atoms with Gasteiger partial charge in [0.05, 0.1) is 0 Å². The van der Waals surface area contributed by atoms with Gasteiger partial charge in [-0.1, -0.05) is 73.5 Å². The number of fused-ring (bicyclic) bond motifs is 1. The summed E-state index contributed by atoms with van der Waals surface area (Å²) < 4.78 is 1.82. The molecule has 0 bridgehead atoms. The van der Waals surface area contributed by atoms with Crippen LogP contribution in [0.15, 0.2) is 54.6 Å². The van der Waals surface area contributed by atoms with Gasteiger partial charge in [0.1, 0.15) is 6.04 Å². The lowest BCUT2D eigenvalue weighted by molar-refractivity contribution is -0.118. The Bertz CT molecular complexity index is 1060. The summed E-state index contributed by atoms with van der Waals surface area (Å²) in [6.45, 7) is 7.83. The zero-order chi connectivity index (χ0) is 20.5. The molecule has 1 atom stereocenters. The van der Waals surface area contributed by atoms with Gasteiger partial charge in [-0.05, 0) is 31.1 Å². The molecule has 0 aliphatic carbocycles. The van der Waals surface area contributed by atoms with Crippen LogP contribution in [0.1, 0.15) is 42.1 Å². The molecule has 4 rings (SSSR count). The van der Waals surface area contributed by atoms with Gasteiger partial charge >= 0.3 is 0 Å². The molecule has 0 saturated carbocycles. The van der Waals surface area contributed by atoms with Crippen molar-refractivity contribution in [3.05, 3.63) is 76.9 Å². The molecule has 2 N–H and O–H groups in total. The fraction of sp³-hybridized carbons (Fsp3) is 0.261. The van der Waals surface area contributed by atoms with Gasteiger partial charge in [-0.25, -0.2) is 4.68 Å². The Morgan fingerprint density at radius 2 is 1.66 bits per heavy atom. The van der Waals surface area contributed by atoms with Gasteiger partial charge < -0.3 is 5.32 Å². The quantitative estimate of drug-likeness (QED) is 0.689. The zero-order valence-electron chi connectivity index (χ0n) is 17.1. The Balaban J connectivity index is 1.75. The molecule has 3 aromatic rings. The minimum Gasteiger partial charge on any atom is -0.324 e. The van der Waals surface area contributed by atoms with Crippen LogP contribution in [-0.2, 0) is 4.79 Å². The molecule has 1 aliphatic heterocycles. The van der Waals surface area contributed by atoms with E-state index in [1.54, 1.807) is 0 Å². The summed E-state index contributed by atoms with van der Waals surface area (Å²) in [5, 5.41) is 10.7. The molecule has 2 heterocycles. The van der Waals surface area contributed by atoms with Crippen molar-refractivity contribution < 1.29 is 4.79 Å². The summed E-state index contributed by atoms with van der Waals surface area (Å²) in [4.78, 5) is 16.6. The number of aromatic nitrogens is 3. The highest BCUT2D eigenvalue weighted by Crippen LogP contribution is 2.33. The third-order valence-corrected chi connectivity index (χ3v) is 5.01. The predicted octanol–water partition coefficient (Wildman–Crippen LogP) is 4.55. The summed E-state index contributed by atoms with van der Waals surface area (Å²) >= 11 is 0. The van der Waals surface area contributed by atoms with Crippen molar-refractivity contribution in [1.29, 1.82) is 0 Å². The number of hydrogen-bond donors (Lipinski definition) is 2. The Morgan fingerprint density at radius 3 is 2.28 bits per heavy atom. The molecule has 1 aliphatic rings. The van der Waals surface area contributed by atoms with Crippen molar-refractivity contribution in [2.75, 3.05) is 10.6 Å². The van der Waals surface area contributed by atoms with Crippen molar-refractivity contribution >= 4 is 23.5 Å². The molecule has 6 nitrogen and oxygen atoms in total. The number of aryl methyl sites for hydroxylation is 2.